The molecule has 1 saturated carbocycles. The molecule has 0 spiro atoms. The number of carbonyl (C=O) groups excluding carboxylic acids is 2. The number of thiazole rings is 1. The zero-order valence-corrected chi connectivity index (χ0v) is 18.0. The van der Waals surface area contributed by atoms with E-state index >= 15 is 0 Å². The third kappa shape index (κ3) is 4.65. The zero-order valence-electron chi connectivity index (χ0n) is 17.2. The highest BCUT2D eigenvalue weighted by atomic mass is 32.1. The molecular weight excluding hydrogens is 426 g/mol. The van der Waals surface area contributed by atoms with Gasteiger partial charge in [-0.25, -0.2) is 15.0 Å². The molecule has 3 aromatic heterocycles. The van der Waals surface area contributed by atoms with Crippen LogP contribution in [0.15, 0.2) is 49.2 Å². The van der Waals surface area contributed by atoms with Crippen molar-refractivity contribution < 1.29 is 9.59 Å². The second kappa shape index (κ2) is 8.83. The van der Waals surface area contributed by atoms with Crippen LogP contribution in [-0.4, -0.2) is 42.9 Å². The van der Waals surface area contributed by atoms with Gasteiger partial charge in [0, 0.05) is 42.5 Å². The number of anilines is 1. The highest BCUT2D eigenvalue weighted by Crippen LogP contribution is 2.32. The number of carbonyl (C=O) groups is 2. The summed E-state index contributed by atoms with van der Waals surface area (Å²) in [5, 5.41) is 6.30. The number of amides is 2. The normalized spacial score (nSPS) is 13.2. The molecule has 0 saturated heterocycles. The van der Waals surface area contributed by atoms with Crippen LogP contribution in [0.3, 0.4) is 0 Å². The van der Waals surface area contributed by atoms with Gasteiger partial charge in [-0.15, -0.1) is 0 Å². The third-order valence-electron chi connectivity index (χ3n) is 5.18. The molecule has 162 valence electrons. The number of fused-ring (bicyclic) bond motifs is 1. The van der Waals surface area contributed by atoms with Crippen molar-refractivity contribution in [3.8, 4) is 11.3 Å². The summed E-state index contributed by atoms with van der Waals surface area (Å²) in [5.74, 6) is 0.0213. The van der Waals surface area contributed by atoms with Gasteiger partial charge in [0.15, 0.2) is 15.6 Å². The summed E-state index contributed by atoms with van der Waals surface area (Å²) in [6.07, 6.45) is 9.76. The SMILES string of the molecule is O=C(NCCCn1ccnc1)c1ccc(-c2cnc3nc(NC(=O)C4CC4)sc3n2)cc1. The second-order valence-corrected chi connectivity index (χ2v) is 8.63. The maximum Gasteiger partial charge on any atom is 0.251 e. The van der Waals surface area contributed by atoms with Gasteiger partial charge in [-0.05, 0) is 31.4 Å². The molecule has 1 aliphatic carbocycles. The van der Waals surface area contributed by atoms with Crippen molar-refractivity contribution in [2.24, 2.45) is 5.92 Å². The van der Waals surface area contributed by atoms with Crippen LogP contribution in [0.4, 0.5) is 5.13 Å². The number of hydrogen-bond donors (Lipinski definition) is 2. The van der Waals surface area contributed by atoms with Crippen LogP contribution in [0.2, 0.25) is 0 Å². The summed E-state index contributed by atoms with van der Waals surface area (Å²) < 4.78 is 1.98. The average molecular weight is 448 g/mol. The van der Waals surface area contributed by atoms with E-state index in [9.17, 15) is 9.59 Å². The van der Waals surface area contributed by atoms with E-state index in [2.05, 4.69) is 30.6 Å². The monoisotopic (exact) mass is 447 g/mol. The molecule has 32 heavy (non-hydrogen) atoms. The molecule has 10 heteroatoms. The van der Waals surface area contributed by atoms with E-state index in [1.807, 2.05) is 22.9 Å². The Kier molecular flexibility index (Phi) is 5.59. The molecule has 9 nitrogen and oxygen atoms in total. The van der Waals surface area contributed by atoms with Crippen LogP contribution in [0.25, 0.3) is 21.7 Å². The van der Waals surface area contributed by atoms with Gasteiger partial charge in [0.2, 0.25) is 5.91 Å². The Labute approximate surface area is 188 Å². The van der Waals surface area contributed by atoms with E-state index in [1.165, 1.54) is 11.3 Å². The van der Waals surface area contributed by atoms with E-state index in [1.54, 1.807) is 30.9 Å². The minimum atomic E-state index is -0.109. The molecule has 0 aliphatic heterocycles. The van der Waals surface area contributed by atoms with Gasteiger partial charge in [0.1, 0.15) is 0 Å². The summed E-state index contributed by atoms with van der Waals surface area (Å²) in [6.45, 7) is 1.40. The Balaban J connectivity index is 1.20. The fraction of sp³-hybridized carbons (Fsp3) is 0.273. The fourth-order valence-electron chi connectivity index (χ4n) is 3.24. The van der Waals surface area contributed by atoms with E-state index < -0.39 is 0 Å². The number of benzene rings is 1. The van der Waals surface area contributed by atoms with E-state index in [0.717, 1.165) is 31.4 Å². The zero-order chi connectivity index (χ0) is 21.9. The largest absolute Gasteiger partial charge is 0.352 e. The van der Waals surface area contributed by atoms with Gasteiger partial charge in [0.25, 0.3) is 5.91 Å². The molecular formula is C22H21N7O2S. The van der Waals surface area contributed by atoms with Gasteiger partial charge in [-0.3, -0.25) is 9.59 Å². The van der Waals surface area contributed by atoms with Gasteiger partial charge in [0.05, 0.1) is 18.2 Å². The number of rotatable bonds is 8. The minimum absolute atomic E-state index is 0.0138. The molecule has 1 aliphatic rings. The summed E-state index contributed by atoms with van der Waals surface area (Å²) in [4.78, 5) is 42.3. The average Bonchev–Trinajstić information content (AvgIpc) is 3.39. The molecule has 0 atom stereocenters. The van der Waals surface area contributed by atoms with Gasteiger partial charge in [-0.1, -0.05) is 23.5 Å². The van der Waals surface area contributed by atoms with Crippen molar-refractivity contribution in [2.45, 2.75) is 25.8 Å². The number of hydrogen-bond acceptors (Lipinski definition) is 7. The lowest BCUT2D eigenvalue weighted by Gasteiger charge is -2.07. The molecule has 3 heterocycles. The number of nitrogens with zero attached hydrogens (tertiary/aromatic N) is 5. The van der Waals surface area contributed by atoms with Crippen molar-refractivity contribution in [1.82, 2.24) is 29.8 Å². The van der Waals surface area contributed by atoms with Crippen LogP contribution >= 0.6 is 11.3 Å². The molecule has 1 fully saturated rings. The van der Waals surface area contributed by atoms with Crippen LogP contribution in [0.5, 0.6) is 0 Å². The standard InChI is InChI=1S/C22H21N7O2S/c30-19(24-8-1-10-29-11-9-23-13-29)15-4-2-14(3-5-15)17-12-25-18-21(26-17)32-22(27-18)28-20(31)16-6-7-16/h2-5,9,11-13,16H,1,6-8,10H2,(H,24,30)(H,25,27,28,31). The Hall–Kier alpha value is -3.66. The highest BCUT2D eigenvalue weighted by molar-refractivity contribution is 7.21. The van der Waals surface area contributed by atoms with Crippen molar-refractivity contribution >= 4 is 38.8 Å². The number of aromatic nitrogens is 5. The quantitative estimate of drug-likeness (QED) is 0.401. The lowest BCUT2D eigenvalue weighted by atomic mass is 10.1. The molecule has 2 N–H and O–H groups in total. The fourth-order valence-corrected chi connectivity index (χ4v) is 4.04. The Morgan fingerprint density at radius 3 is 2.75 bits per heavy atom. The smallest absolute Gasteiger partial charge is 0.251 e. The first-order chi connectivity index (χ1) is 15.7. The molecule has 0 radical (unpaired) electrons. The topological polar surface area (TPSA) is 115 Å². The van der Waals surface area contributed by atoms with Gasteiger partial charge in [-0.2, -0.15) is 4.98 Å². The first-order valence-corrected chi connectivity index (χ1v) is 11.3. The van der Waals surface area contributed by atoms with Gasteiger partial charge >= 0.3 is 0 Å². The third-order valence-corrected chi connectivity index (χ3v) is 6.04. The van der Waals surface area contributed by atoms with E-state index in [0.29, 0.717) is 33.4 Å². The number of nitrogens with one attached hydrogen (secondary N) is 2. The second-order valence-electron chi connectivity index (χ2n) is 7.65. The maximum atomic E-state index is 12.4. The molecule has 4 aromatic rings. The predicted molar refractivity (Wildman–Crippen MR) is 121 cm³/mol. The van der Waals surface area contributed by atoms with E-state index in [-0.39, 0.29) is 17.7 Å². The molecule has 0 bridgehead atoms. The maximum absolute atomic E-state index is 12.4. The van der Waals surface area contributed by atoms with Crippen LogP contribution < -0.4 is 10.6 Å². The summed E-state index contributed by atoms with van der Waals surface area (Å²) >= 11 is 1.31. The Morgan fingerprint density at radius 1 is 1.16 bits per heavy atom. The predicted octanol–water partition coefficient (Wildman–Crippen LogP) is 3.12. The minimum Gasteiger partial charge on any atom is -0.352 e. The Morgan fingerprint density at radius 2 is 2.00 bits per heavy atom. The van der Waals surface area contributed by atoms with Crippen molar-refractivity contribution in [3.05, 3.63) is 54.7 Å². The number of imidazole rings is 1. The Bertz CT molecular complexity index is 1250. The van der Waals surface area contributed by atoms with Crippen molar-refractivity contribution in [1.29, 1.82) is 0 Å². The van der Waals surface area contributed by atoms with Crippen molar-refractivity contribution in [3.63, 3.8) is 0 Å². The molecule has 1 aromatic carbocycles. The summed E-state index contributed by atoms with van der Waals surface area (Å²) in [7, 11) is 0. The number of aryl methyl sites for hydroxylation is 1. The van der Waals surface area contributed by atoms with Crippen LogP contribution in [0.1, 0.15) is 29.6 Å². The van der Waals surface area contributed by atoms with E-state index in [4.69, 9.17) is 0 Å². The lowest BCUT2D eigenvalue weighted by Crippen LogP contribution is -2.25. The van der Waals surface area contributed by atoms with Gasteiger partial charge < -0.3 is 15.2 Å². The molecule has 2 amide bonds. The summed E-state index contributed by atoms with van der Waals surface area (Å²) in [6, 6.07) is 7.26. The van der Waals surface area contributed by atoms with Crippen LogP contribution in [-0.2, 0) is 11.3 Å². The first kappa shape index (κ1) is 20.3. The highest BCUT2D eigenvalue weighted by Gasteiger charge is 2.30. The summed E-state index contributed by atoms with van der Waals surface area (Å²) in [5.41, 5.74) is 2.64. The first-order valence-electron chi connectivity index (χ1n) is 10.4. The molecule has 0 unspecified atom stereocenters. The van der Waals surface area contributed by atoms with Crippen LogP contribution in [0, 0.1) is 5.92 Å². The molecule has 5 rings (SSSR count). The lowest BCUT2D eigenvalue weighted by molar-refractivity contribution is -0.117. The van der Waals surface area contributed by atoms with Crippen molar-refractivity contribution in [2.75, 3.05) is 11.9 Å².